The van der Waals surface area contributed by atoms with Crippen molar-refractivity contribution in [3.8, 4) is 0 Å². The SMILES string of the molecule is Cl.O=C([C@H]1CSCN1)N1CCCSCC1. The summed E-state index contributed by atoms with van der Waals surface area (Å²) in [6, 6.07) is 0.0862. The van der Waals surface area contributed by atoms with Gasteiger partial charge in [-0.3, -0.25) is 10.1 Å². The van der Waals surface area contributed by atoms with Gasteiger partial charge >= 0.3 is 0 Å². The maximum Gasteiger partial charge on any atom is 0.240 e. The lowest BCUT2D eigenvalue weighted by Gasteiger charge is -2.23. The number of nitrogens with zero attached hydrogens (tertiary/aromatic N) is 1. The molecule has 1 amide bonds. The average molecular weight is 269 g/mol. The van der Waals surface area contributed by atoms with Crippen molar-refractivity contribution in [2.75, 3.05) is 36.2 Å². The normalized spacial score (nSPS) is 26.9. The fourth-order valence-corrected chi connectivity index (χ4v) is 3.56. The van der Waals surface area contributed by atoms with Crippen molar-refractivity contribution in [3.05, 3.63) is 0 Å². The average Bonchev–Trinajstić information content (AvgIpc) is 2.59. The van der Waals surface area contributed by atoms with Crippen molar-refractivity contribution in [2.24, 2.45) is 0 Å². The molecule has 0 aliphatic carbocycles. The summed E-state index contributed by atoms with van der Waals surface area (Å²) in [5, 5.41) is 3.24. The van der Waals surface area contributed by atoms with Crippen LogP contribution < -0.4 is 5.32 Å². The van der Waals surface area contributed by atoms with Crippen molar-refractivity contribution < 1.29 is 4.79 Å². The second kappa shape index (κ2) is 6.89. The molecule has 1 atom stereocenters. The molecular weight excluding hydrogens is 252 g/mol. The van der Waals surface area contributed by atoms with Crippen LogP contribution in [0.1, 0.15) is 6.42 Å². The van der Waals surface area contributed by atoms with Crippen LogP contribution in [0.5, 0.6) is 0 Å². The first-order chi connectivity index (χ1) is 6.88. The van der Waals surface area contributed by atoms with E-state index in [0.717, 1.165) is 36.9 Å². The molecule has 2 aliphatic heterocycles. The first kappa shape index (κ1) is 13.5. The Morgan fingerprint density at radius 1 is 1.27 bits per heavy atom. The lowest BCUT2D eigenvalue weighted by molar-refractivity contribution is -0.132. The molecule has 88 valence electrons. The van der Waals surface area contributed by atoms with Gasteiger partial charge in [0, 0.05) is 30.5 Å². The highest BCUT2D eigenvalue weighted by Gasteiger charge is 2.27. The molecule has 0 spiro atoms. The number of hydrogen-bond donors (Lipinski definition) is 1. The molecule has 2 heterocycles. The van der Waals surface area contributed by atoms with Gasteiger partial charge in [-0.25, -0.2) is 0 Å². The number of nitrogens with one attached hydrogen (secondary N) is 1. The maximum atomic E-state index is 12.0. The highest BCUT2D eigenvalue weighted by molar-refractivity contribution is 7.99. The van der Waals surface area contributed by atoms with Crippen LogP contribution in [0.25, 0.3) is 0 Å². The summed E-state index contributed by atoms with van der Waals surface area (Å²) >= 11 is 3.78. The molecule has 2 fully saturated rings. The molecule has 0 saturated carbocycles. The van der Waals surface area contributed by atoms with E-state index in [2.05, 4.69) is 5.32 Å². The summed E-state index contributed by atoms with van der Waals surface area (Å²) in [7, 11) is 0. The van der Waals surface area contributed by atoms with E-state index in [0.29, 0.717) is 5.91 Å². The quantitative estimate of drug-likeness (QED) is 0.770. The van der Waals surface area contributed by atoms with Crippen molar-refractivity contribution in [1.82, 2.24) is 10.2 Å². The highest BCUT2D eigenvalue weighted by atomic mass is 35.5. The maximum absolute atomic E-state index is 12.0. The predicted molar refractivity (Wildman–Crippen MR) is 70.0 cm³/mol. The van der Waals surface area contributed by atoms with Gasteiger partial charge in [0.25, 0.3) is 0 Å². The molecule has 0 radical (unpaired) electrons. The predicted octanol–water partition coefficient (Wildman–Crippen LogP) is 1.04. The summed E-state index contributed by atoms with van der Waals surface area (Å²) in [5.74, 6) is 4.50. The van der Waals surface area contributed by atoms with Crippen LogP contribution in [0.4, 0.5) is 0 Å². The Morgan fingerprint density at radius 3 is 2.87 bits per heavy atom. The second-order valence-electron chi connectivity index (χ2n) is 3.56. The molecule has 2 aliphatic rings. The fraction of sp³-hybridized carbons (Fsp3) is 0.889. The van der Waals surface area contributed by atoms with Gasteiger partial charge in [-0.15, -0.1) is 24.2 Å². The Kier molecular flexibility index (Phi) is 6.19. The van der Waals surface area contributed by atoms with Gasteiger partial charge in [-0.1, -0.05) is 0 Å². The smallest absolute Gasteiger partial charge is 0.240 e. The van der Waals surface area contributed by atoms with Crippen molar-refractivity contribution in [1.29, 1.82) is 0 Å². The van der Waals surface area contributed by atoms with Crippen LogP contribution in [0.15, 0.2) is 0 Å². The van der Waals surface area contributed by atoms with Crippen molar-refractivity contribution in [2.45, 2.75) is 12.5 Å². The minimum absolute atomic E-state index is 0. The standard InChI is InChI=1S/C9H16N2OS2.ClH/c12-9(8-6-14-7-10-8)11-2-1-4-13-5-3-11;/h8,10H,1-7H2;1H/t8-;/m1./s1. The van der Waals surface area contributed by atoms with E-state index in [1.807, 2.05) is 28.4 Å². The van der Waals surface area contributed by atoms with Gasteiger partial charge in [0.2, 0.25) is 5.91 Å². The number of hydrogen-bond acceptors (Lipinski definition) is 4. The molecule has 0 unspecified atom stereocenters. The first-order valence-electron chi connectivity index (χ1n) is 5.05. The van der Waals surface area contributed by atoms with E-state index in [4.69, 9.17) is 0 Å². The van der Waals surface area contributed by atoms with Crippen LogP contribution in [-0.2, 0) is 4.79 Å². The Labute approximate surface area is 106 Å². The van der Waals surface area contributed by atoms with Crippen LogP contribution >= 0.6 is 35.9 Å². The molecular formula is C9H17ClN2OS2. The minimum Gasteiger partial charge on any atom is -0.340 e. The van der Waals surface area contributed by atoms with E-state index >= 15 is 0 Å². The summed E-state index contributed by atoms with van der Waals surface area (Å²) in [5.41, 5.74) is 0. The van der Waals surface area contributed by atoms with E-state index in [1.54, 1.807) is 0 Å². The fourth-order valence-electron chi connectivity index (χ4n) is 1.74. The van der Waals surface area contributed by atoms with Crippen LogP contribution in [0.3, 0.4) is 0 Å². The zero-order valence-electron chi connectivity index (χ0n) is 8.61. The number of amides is 1. The molecule has 3 nitrogen and oxygen atoms in total. The van der Waals surface area contributed by atoms with E-state index in [1.165, 1.54) is 5.75 Å². The van der Waals surface area contributed by atoms with Gasteiger partial charge in [-0.05, 0) is 12.2 Å². The Balaban J connectivity index is 0.00000112. The lowest BCUT2D eigenvalue weighted by atomic mass is 10.2. The largest absolute Gasteiger partial charge is 0.340 e. The molecule has 0 aromatic rings. The molecule has 15 heavy (non-hydrogen) atoms. The zero-order valence-corrected chi connectivity index (χ0v) is 11.1. The summed E-state index contributed by atoms with van der Waals surface area (Å²) in [6.07, 6.45) is 1.15. The van der Waals surface area contributed by atoms with Crippen molar-refractivity contribution >= 4 is 41.8 Å². The van der Waals surface area contributed by atoms with Crippen LogP contribution in [-0.4, -0.2) is 53.1 Å². The molecule has 2 saturated heterocycles. The van der Waals surface area contributed by atoms with Crippen molar-refractivity contribution in [3.63, 3.8) is 0 Å². The lowest BCUT2D eigenvalue weighted by Crippen LogP contribution is -2.45. The second-order valence-corrected chi connectivity index (χ2v) is 5.82. The Hall–Kier alpha value is 0.420. The molecule has 0 aromatic heterocycles. The monoisotopic (exact) mass is 268 g/mol. The van der Waals surface area contributed by atoms with Crippen LogP contribution in [0.2, 0.25) is 0 Å². The third-order valence-corrected chi connectivity index (χ3v) is 4.54. The summed E-state index contributed by atoms with van der Waals surface area (Å²) in [4.78, 5) is 14.0. The van der Waals surface area contributed by atoms with E-state index in [9.17, 15) is 4.79 Å². The van der Waals surface area contributed by atoms with E-state index < -0.39 is 0 Å². The van der Waals surface area contributed by atoms with Gasteiger partial charge in [0.05, 0.1) is 6.04 Å². The third kappa shape index (κ3) is 3.73. The topological polar surface area (TPSA) is 32.3 Å². The van der Waals surface area contributed by atoms with E-state index in [-0.39, 0.29) is 18.4 Å². The minimum atomic E-state index is 0. The van der Waals surface area contributed by atoms with Crippen LogP contribution in [0, 0.1) is 0 Å². The number of rotatable bonds is 1. The number of halogens is 1. The first-order valence-corrected chi connectivity index (χ1v) is 7.36. The Morgan fingerprint density at radius 2 is 2.13 bits per heavy atom. The molecule has 6 heteroatoms. The summed E-state index contributed by atoms with van der Waals surface area (Å²) < 4.78 is 0. The number of carbonyl (C=O) groups is 1. The Bertz CT molecular complexity index is 204. The number of carbonyl (C=O) groups excluding carboxylic acids is 1. The van der Waals surface area contributed by atoms with Gasteiger partial charge < -0.3 is 4.90 Å². The van der Waals surface area contributed by atoms with Gasteiger partial charge in [0.15, 0.2) is 0 Å². The zero-order chi connectivity index (χ0) is 9.80. The molecule has 2 rings (SSSR count). The molecule has 0 bridgehead atoms. The molecule has 1 N–H and O–H groups in total. The van der Waals surface area contributed by atoms with Gasteiger partial charge in [-0.2, -0.15) is 11.8 Å². The number of thioether (sulfide) groups is 2. The third-order valence-electron chi connectivity index (χ3n) is 2.55. The summed E-state index contributed by atoms with van der Waals surface area (Å²) in [6.45, 7) is 1.89. The highest BCUT2D eigenvalue weighted by Crippen LogP contribution is 2.15. The molecule has 0 aromatic carbocycles. The van der Waals surface area contributed by atoms with Gasteiger partial charge in [0.1, 0.15) is 0 Å².